The van der Waals surface area contributed by atoms with Gasteiger partial charge in [0.2, 0.25) is 0 Å². The van der Waals surface area contributed by atoms with Crippen molar-refractivity contribution in [1.82, 2.24) is 0 Å². The van der Waals surface area contributed by atoms with Crippen LogP contribution in [0.2, 0.25) is 0 Å². The molecule has 1 unspecified atom stereocenters. The first-order valence-corrected chi connectivity index (χ1v) is 23.1. The molecule has 0 rings (SSSR count). The minimum absolute atomic E-state index is 0.0363. The third-order valence-electron chi connectivity index (χ3n) is 8.92. The average Bonchev–Trinajstić information content (AvgIpc) is 3.15. The van der Waals surface area contributed by atoms with Crippen LogP contribution >= 0.6 is 7.82 Å². The molecule has 0 fully saturated rings. The van der Waals surface area contributed by atoms with Crippen molar-refractivity contribution in [2.24, 2.45) is 5.73 Å². The van der Waals surface area contributed by atoms with Crippen molar-refractivity contribution in [3.05, 3.63) is 48.6 Å². The fraction of sp³-hybridized carbons (Fsp3) is 0.773. The number of hydrogen-bond donors (Lipinski definition) is 2. The maximum atomic E-state index is 12.6. The van der Waals surface area contributed by atoms with Gasteiger partial charge in [-0.2, -0.15) is 0 Å². The minimum atomic E-state index is -4.37. The minimum Gasteiger partial charge on any atom is -0.462 e. The number of phosphoric acid groups is 1. The monoisotopic (exact) mass is 782 g/mol. The molecule has 9 nitrogen and oxygen atoms in total. The van der Waals surface area contributed by atoms with E-state index in [9.17, 15) is 19.0 Å². The molecule has 0 heterocycles. The van der Waals surface area contributed by atoms with Crippen LogP contribution in [0.5, 0.6) is 0 Å². The first-order chi connectivity index (χ1) is 26.3. The van der Waals surface area contributed by atoms with Crippen LogP contribution in [-0.2, 0) is 32.7 Å². The second kappa shape index (κ2) is 40.6. The number of nitrogens with two attached hydrogens (primary N) is 1. The Labute approximate surface area is 330 Å². The highest BCUT2D eigenvalue weighted by Gasteiger charge is 2.26. The molecule has 0 aliphatic rings. The van der Waals surface area contributed by atoms with Gasteiger partial charge in [0, 0.05) is 12.8 Å². The maximum absolute atomic E-state index is 12.6. The zero-order valence-electron chi connectivity index (χ0n) is 34.4. The van der Waals surface area contributed by atoms with E-state index in [1.807, 2.05) is 0 Å². The van der Waals surface area contributed by atoms with Crippen LogP contribution in [0.3, 0.4) is 0 Å². The van der Waals surface area contributed by atoms with Gasteiger partial charge < -0.3 is 20.1 Å². The molecule has 0 aromatic heterocycles. The fourth-order valence-electron chi connectivity index (χ4n) is 5.61. The predicted molar refractivity (Wildman–Crippen MR) is 224 cm³/mol. The van der Waals surface area contributed by atoms with E-state index in [2.05, 4.69) is 62.5 Å². The Morgan fingerprint density at radius 3 is 1.44 bits per heavy atom. The summed E-state index contributed by atoms with van der Waals surface area (Å²) in [5.74, 6) is -0.844. The smallest absolute Gasteiger partial charge is 0.462 e. The van der Waals surface area contributed by atoms with Gasteiger partial charge in [0.1, 0.15) is 6.61 Å². The number of phosphoric ester groups is 1. The van der Waals surface area contributed by atoms with E-state index < -0.39 is 32.5 Å². The molecule has 0 aromatic carbocycles. The lowest BCUT2D eigenvalue weighted by atomic mass is 10.1. The summed E-state index contributed by atoms with van der Waals surface area (Å²) in [4.78, 5) is 35.0. The van der Waals surface area contributed by atoms with Crippen LogP contribution in [0.25, 0.3) is 0 Å². The summed E-state index contributed by atoms with van der Waals surface area (Å²) >= 11 is 0. The van der Waals surface area contributed by atoms with Gasteiger partial charge >= 0.3 is 19.8 Å². The highest BCUT2D eigenvalue weighted by atomic mass is 31.2. The Kier molecular flexibility index (Phi) is 39.1. The molecule has 0 spiro atoms. The lowest BCUT2D eigenvalue weighted by Crippen LogP contribution is -2.29. The van der Waals surface area contributed by atoms with Crippen LogP contribution in [0.4, 0.5) is 0 Å². The van der Waals surface area contributed by atoms with Gasteiger partial charge in [-0.1, -0.05) is 140 Å². The fourth-order valence-corrected chi connectivity index (χ4v) is 6.40. The molecule has 2 atom stereocenters. The first kappa shape index (κ1) is 52.0. The van der Waals surface area contributed by atoms with Gasteiger partial charge in [0.25, 0.3) is 0 Å². The molecule has 0 saturated heterocycles. The summed E-state index contributed by atoms with van der Waals surface area (Å²) in [7, 11) is -4.37. The molecule has 3 N–H and O–H groups in total. The molecule has 0 bridgehead atoms. The highest BCUT2D eigenvalue weighted by Crippen LogP contribution is 2.43. The van der Waals surface area contributed by atoms with Crippen LogP contribution in [0.15, 0.2) is 48.6 Å². The molecule has 0 aliphatic heterocycles. The molecule has 0 aromatic rings. The summed E-state index contributed by atoms with van der Waals surface area (Å²) in [5.41, 5.74) is 5.42. The van der Waals surface area contributed by atoms with Crippen molar-refractivity contribution in [2.45, 2.75) is 193 Å². The number of hydrogen-bond acceptors (Lipinski definition) is 8. The van der Waals surface area contributed by atoms with Crippen LogP contribution in [0, 0.1) is 0 Å². The van der Waals surface area contributed by atoms with Gasteiger partial charge in [0.05, 0.1) is 13.2 Å². The molecule has 54 heavy (non-hydrogen) atoms. The SMILES string of the molecule is CCCCC/C=C\C/C=C\CCCCCCCCC(=O)OC[C@H](COP(=O)(O)OCCCN)OC(=O)CCCCCCCC/C=C\C/C=C\CCCCC. The summed E-state index contributed by atoms with van der Waals surface area (Å²) in [6, 6.07) is 0. The third-order valence-corrected chi connectivity index (χ3v) is 9.90. The van der Waals surface area contributed by atoms with Crippen LogP contribution < -0.4 is 5.73 Å². The largest absolute Gasteiger partial charge is 0.472 e. The van der Waals surface area contributed by atoms with Crippen molar-refractivity contribution in [3.63, 3.8) is 0 Å². The van der Waals surface area contributed by atoms with E-state index >= 15 is 0 Å². The molecule has 10 heteroatoms. The summed E-state index contributed by atoms with van der Waals surface area (Å²) < 4.78 is 33.1. The Morgan fingerprint density at radius 1 is 0.556 bits per heavy atom. The molecule has 0 amide bonds. The number of ether oxygens (including phenoxy) is 2. The van der Waals surface area contributed by atoms with E-state index in [-0.39, 0.29) is 26.1 Å². The van der Waals surface area contributed by atoms with Crippen LogP contribution in [-0.4, -0.2) is 49.3 Å². The Hall–Kier alpha value is -2.03. The molecular weight excluding hydrogens is 701 g/mol. The quantitative estimate of drug-likeness (QED) is 0.0269. The summed E-state index contributed by atoms with van der Waals surface area (Å²) in [6.07, 6.45) is 44.6. The maximum Gasteiger partial charge on any atom is 0.472 e. The van der Waals surface area contributed by atoms with Crippen molar-refractivity contribution in [2.75, 3.05) is 26.4 Å². The van der Waals surface area contributed by atoms with Gasteiger partial charge in [-0.05, 0) is 90.0 Å². The lowest BCUT2D eigenvalue weighted by molar-refractivity contribution is -0.161. The van der Waals surface area contributed by atoms with Gasteiger partial charge in [-0.3, -0.25) is 18.6 Å². The average molecular weight is 782 g/mol. The first-order valence-electron chi connectivity index (χ1n) is 21.6. The van der Waals surface area contributed by atoms with Crippen LogP contribution in [0.1, 0.15) is 187 Å². The second-order valence-corrected chi connectivity index (χ2v) is 15.7. The second-order valence-electron chi connectivity index (χ2n) is 14.2. The van der Waals surface area contributed by atoms with Gasteiger partial charge in [-0.15, -0.1) is 0 Å². The molecule has 0 saturated carbocycles. The van der Waals surface area contributed by atoms with Crippen molar-refractivity contribution >= 4 is 19.8 Å². The summed E-state index contributed by atoms with van der Waals surface area (Å²) in [5, 5.41) is 0. The van der Waals surface area contributed by atoms with E-state index in [1.54, 1.807) is 0 Å². The normalized spacial score (nSPS) is 13.8. The van der Waals surface area contributed by atoms with E-state index in [4.69, 9.17) is 24.3 Å². The molecule has 0 radical (unpaired) electrons. The number of esters is 2. The highest BCUT2D eigenvalue weighted by molar-refractivity contribution is 7.47. The third kappa shape index (κ3) is 39.7. The topological polar surface area (TPSA) is 134 Å². The van der Waals surface area contributed by atoms with Crippen molar-refractivity contribution in [1.29, 1.82) is 0 Å². The Morgan fingerprint density at radius 2 is 0.981 bits per heavy atom. The number of carbonyl (C=O) groups is 2. The summed E-state index contributed by atoms with van der Waals surface area (Å²) in [6.45, 7) is 4.05. The number of allylic oxidation sites excluding steroid dienone is 8. The van der Waals surface area contributed by atoms with Gasteiger partial charge in [0.15, 0.2) is 6.10 Å². The molecular formula is C44H80NO8P. The Bertz CT molecular complexity index is 1030. The van der Waals surface area contributed by atoms with E-state index in [0.29, 0.717) is 19.4 Å². The number of unbranched alkanes of at least 4 members (excludes halogenated alkanes) is 18. The van der Waals surface area contributed by atoms with Gasteiger partial charge in [-0.25, -0.2) is 4.57 Å². The standard InChI is InChI=1S/C44H80NO8P/c1-3-5-7-9-11-13-15-17-19-21-23-25-27-29-31-33-36-43(46)50-40-42(41-52-54(48,49)51-39-35-38-45)53-44(47)37-34-32-30-28-26-24-22-20-18-16-14-12-10-8-6-4-2/h11-14,17-20,42H,3-10,15-16,21-41,45H2,1-2H3,(H,48,49)/b13-11-,14-12-,19-17-,20-18-/t42-/m1/s1. The number of rotatable bonds is 40. The molecule has 0 aliphatic carbocycles. The number of carbonyl (C=O) groups excluding carboxylic acids is 2. The Balaban J connectivity index is 4.27. The molecule has 314 valence electrons. The van der Waals surface area contributed by atoms with E-state index in [0.717, 1.165) is 77.0 Å². The van der Waals surface area contributed by atoms with E-state index in [1.165, 1.54) is 70.6 Å². The lowest BCUT2D eigenvalue weighted by Gasteiger charge is -2.20. The zero-order chi connectivity index (χ0) is 39.6. The van der Waals surface area contributed by atoms with Crippen molar-refractivity contribution < 1.29 is 37.6 Å². The van der Waals surface area contributed by atoms with Crippen molar-refractivity contribution in [3.8, 4) is 0 Å². The zero-order valence-corrected chi connectivity index (χ0v) is 35.3. The predicted octanol–water partition coefficient (Wildman–Crippen LogP) is 12.3.